The Morgan fingerprint density at radius 1 is 1.05 bits per heavy atom. The Kier molecular flexibility index (Phi) is 3.77. The molecule has 3 N–H and O–H groups in total. The van der Waals surface area contributed by atoms with Crippen LogP contribution in [0.3, 0.4) is 0 Å². The van der Waals surface area contributed by atoms with Crippen molar-refractivity contribution in [3.05, 3.63) is 54.1 Å². The highest BCUT2D eigenvalue weighted by Gasteiger charge is 2.18. The lowest BCUT2D eigenvalue weighted by atomic mass is 10.2. The van der Waals surface area contributed by atoms with E-state index in [2.05, 4.69) is 46.4 Å². The minimum Gasteiger partial charge on any atom is -0.508 e. The molecule has 0 aliphatic carbocycles. The van der Waals surface area contributed by atoms with Crippen molar-refractivity contribution in [3.8, 4) is 5.75 Å². The lowest BCUT2D eigenvalue weighted by Crippen LogP contribution is -2.72. The molecule has 4 nitrogen and oxygen atoms in total. The first-order valence-corrected chi connectivity index (χ1v) is 7.19. The van der Waals surface area contributed by atoms with E-state index in [1.165, 1.54) is 5.56 Å². The first-order chi connectivity index (χ1) is 10.2. The number of phenols is 1. The number of amidine groups is 1. The Morgan fingerprint density at radius 3 is 2.24 bits per heavy atom. The highest BCUT2D eigenvalue weighted by Crippen LogP contribution is 2.26. The molecule has 2 aromatic carbocycles. The molecular weight excluding hydrogens is 262 g/mol. The van der Waals surface area contributed by atoms with Gasteiger partial charge >= 0.3 is 0 Å². The summed E-state index contributed by atoms with van der Waals surface area (Å²) >= 11 is 0. The number of hydrogen-bond donors (Lipinski definition) is 3. The van der Waals surface area contributed by atoms with E-state index in [4.69, 9.17) is 0 Å². The van der Waals surface area contributed by atoms with Gasteiger partial charge in [0.1, 0.15) is 25.4 Å². The van der Waals surface area contributed by atoms with Crippen LogP contribution in [0.15, 0.2) is 48.5 Å². The van der Waals surface area contributed by atoms with E-state index in [-0.39, 0.29) is 5.75 Å². The van der Waals surface area contributed by atoms with Crippen molar-refractivity contribution in [2.24, 2.45) is 0 Å². The van der Waals surface area contributed by atoms with Crippen molar-refractivity contribution >= 4 is 17.2 Å². The van der Waals surface area contributed by atoms with Gasteiger partial charge in [-0.3, -0.25) is 10.3 Å². The summed E-state index contributed by atoms with van der Waals surface area (Å²) in [6.45, 7) is 4.77. The normalized spacial score (nSPS) is 13.7. The Morgan fingerprint density at radius 2 is 1.67 bits per heavy atom. The van der Waals surface area contributed by atoms with Gasteiger partial charge in [0, 0.05) is 11.4 Å². The largest absolute Gasteiger partial charge is 0.508 e. The van der Waals surface area contributed by atoms with Crippen LogP contribution in [0.25, 0.3) is 0 Å². The van der Waals surface area contributed by atoms with Gasteiger partial charge in [0.2, 0.25) is 0 Å². The summed E-state index contributed by atoms with van der Waals surface area (Å²) in [5, 5.41) is 12.8. The zero-order valence-corrected chi connectivity index (χ0v) is 12.1. The molecule has 21 heavy (non-hydrogen) atoms. The molecule has 1 heterocycles. The van der Waals surface area contributed by atoms with Gasteiger partial charge in [0.05, 0.1) is 0 Å². The molecule has 108 valence electrons. The van der Waals surface area contributed by atoms with Crippen molar-refractivity contribution in [2.45, 2.75) is 6.92 Å². The molecule has 0 spiro atoms. The molecule has 3 rings (SSSR count). The number of anilines is 2. The van der Waals surface area contributed by atoms with Gasteiger partial charge in [-0.25, -0.2) is 0 Å². The quantitative estimate of drug-likeness (QED) is 0.781. The number of nitrogens with one attached hydrogen (secondary N) is 2. The second-order valence-electron chi connectivity index (χ2n) is 5.27. The average Bonchev–Trinajstić information content (AvgIpc) is 3.00. The van der Waals surface area contributed by atoms with Crippen LogP contribution >= 0.6 is 0 Å². The minimum absolute atomic E-state index is 0.285. The first-order valence-electron chi connectivity index (χ1n) is 7.19. The molecule has 0 aromatic heterocycles. The number of phenolic OH excluding ortho intramolecular Hbond substituents is 1. The van der Waals surface area contributed by atoms with Crippen LogP contribution in [0.2, 0.25) is 0 Å². The maximum absolute atomic E-state index is 9.48. The summed E-state index contributed by atoms with van der Waals surface area (Å²) in [5.74, 6) is 1.41. The molecule has 0 amide bonds. The molecule has 0 bridgehead atoms. The third kappa shape index (κ3) is 3.16. The van der Waals surface area contributed by atoms with Gasteiger partial charge in [0.25, 0.3) is 5.84 Å². The van der Waals surface area contributed by atoms with Crippen molar-refractivity contribution in [1.82, 2.24) is 5.32 Å². The Balaban J connectivity index is 1.93. The van der Waals surface area contributed by atoms with Crippen LogP contribution in [0, 0.1) is 6.92 Å². The fraction of sp³-hybridized carbons (Fsp3) is 0.235. The third-order valence-corrected chi connectivity index (χ3v) is 3.63. The maximum Gasteiger partial charge on any atom is 0.263 e. The van der Waals surface area contributed by atoms with E-state index in [0.717, 1.165) is 36.8 Å². The topological polar surface area (TPSA) is 49.5 Å². The molecule has 0 radical (unpaired) electrons. The summed E-state index contributed by atoms with van der Waals surface area (Å²) in [6.07, 6.45) is 0. The van der Waals surface area contributed by atoms with Gasteiger partial charge in [-0.05, 0) is 43.3 Å². The van der Waals surface area contributed by atoms with E-state index in [1.807, 2.05) is 12.1 Å². The fourth-order valence-electron chi connectivity index (χ4n) is 2.45. The molecule has 0 atom stereocenters. The summed E-state index contributed by atoms with van der Waals surface area (Å²) < 4.78 is 0. The Bertz CT molecular complexity index is 587. The smallest absolute Gasteiger partial charge is 0.263 e. The maximum atomic E-state index is 9.48. The van der Waals surface area contributed by atoms with Crippen molar-refractivity contribution < 1.29 is 10.1 Å². The fourth-order valence-corrected chi connectivity index (χ4v) is 2.45. The van der Waals surface area contributed by atoms with E-state index in [9.17, 15) is 5.11 Å². The second-order valence-corrected chi connectivity index (χ2v) is 5.27. The van der Waals surface area contributed by atoms with Crippen LogP contribution in [0.4, 0.5) is 11.4 Å². The van der Waals surface area contributed by atoms with Crippen LogP contribution in [-0.4, -0.2) is 30.6 Å². The predicted molar refractivity (Wildman–Crippen MR) is 85.1 cm³/mol. The molecule has 0 unspecified atom stereocenters. The monoisotopic (exact) mass is 282 g/mol. The molecule has 1 aliphatic rings. The summed E-state index contributed by atoms with van der Waals surface area (Å²) in [7, 11) is 0. The minimum atomic E-state index is 0.285. The van der Waals surface area contributed by atoms with Crippen LogP contribution in [-0.2, 0) is 0 Å². The summed E-state index contributed by atoms with van der Waals surface area (Å²) in [5.41, 5.74) is 3.43. The van der Waals surface area contributed by atoms with Gasteiger partial charge in [-0.15, -0.1) is 0 Å². The SMILES string of the molecule is Cc1ccc(N(CC2=[NH+]CCN2)c2ccc(O)cc2)cc1. The lowest BCUT2D eigenvalue weighted by Gasteiger charge is -2.23. The lowest BCUT2D eigenvalue weighted by molar-refractivity contribution is -0.445. The number of aromatic hydroxyl groups is 1. The van der Waals surface area contributed by atoms with Crippen molar-refractivity contribution in [2.75, 3.05) is 24.5 Å². The number of aryl methyl sites for hydroxylation is 1. The highest BCUT2D eigenvalue weighted by molar-refractivity contribution is 5.85. The molecule has 0 fully saturated rings. The molecule has 2 aromatic rings. The standard InChI is InChI=1S/C17H19N3O/c1-13-2-4-14(5-3-13)20(12-17-18-10-11-19-17)15-6-8-16(21)9-7-15/h2-9,21H,10-12H2,1H3,(H,18,19)/p+1. The number of hydrogen-bond acceptors (Lipinski definition) is 3. The van der Waals surface area contributed by atoms with E-state index in [0.29, 0.717) is 0 Å². The van der Waals surface area contributed by atoms with E-state index < -0.39 is 0 Å². The predicted octanol–water partition coefficient (Wildman–Crippen LogP) is 0.921. The first kappa shape index (κ1) is 13.5. The van der Waals surface area contributed by atoms with Crippen LogP contribution in [0.1, 0.15) is 5.56 Å². The number of nitrogens with zero attached hydrogens (tertiary/aromatic N) is 1. The second kappa shape index (κ2) is 5.87. The number of rotatable bonds is 4. The molecule has 1 aliphatic heterocycles. The Labute approximate surface area is 124 Å². The van der Waals surface area contributed by atoms with Crippen LogP contribution < -0.4 is 15.2 Å². The zero-order chi connectivity index (χ0) is 14.7. The van der Waals surface area contributed by atoms with Gasteiger partial charge < -0.3 is 10.0 Å². The molecular formula is C17H20N3O+. The summed E-state index contributed by atoms with van der Waals surface area (Å²) in [6, 6.07) is 15.8. The van der Waals surface area contributed by atoms with E-state index in [1.54, 1.807) is 12.1 Å². The molecule has 4 heteroatoms. The van der Waals surface area contributed by atoms with Crippen molar-refractivity contribution in [1.29, 1.82) is 0 Å². The Hall–Kier alpha value is -2.49. The molecule has 0 saturated carbocycles. The molecule has 0 saturated heterocycles. The van der Waals surface area contributed by atoms with Gasteiger partial charge in [-0.2, -0.15) is 0 Å². The van der Waals surface area contributed by atoms with Crippen molar-refractivity contribution in [3.63, 3.8) is 0 Å². The highest BCUT2D eigenvalue weighted by atomic mass is 16.3. The zero-order valence-electron chi connectivity index (χ0n) is 12.1. The third-order valence-electron chi connectivity index (χ3n) is 3.63. The van der Waals surface area contributed by atoms with Gasteiger partial charge in [-0.1, -0.05) is 17.7 Å². The number of benzene rings is 2. The summed E-state index contributed by atoms with van der Waals surface area (Å²) in [4.78, 5) is 5.59. The van der Waals surface area contributed by atoms with Gasteiger partial charge in [0.15, 0.2) is 0 Å². The van der Waals surface area contributed by atoms with Crippen LogP contribution in [0.5, 0.6) is 5.75 Å². The average molecular weight is 282 g/mol. The van der Waals surface area contributed by atoms with E-state index >= 15 is 0 Å².